The molecule has 1 aromatic carbocycles. The Balaban J connectivity index is 1.53. The van der Waals surface area contributed by atoms with Crippen molar-refractivity contribution in [1.82, 2.24) is 19.4 Å². The number of thiazole rings is 1. The number of ether oxygens (including phenoxy) is 1. The minimum atomic E-state index is 0.757. The zero-order valence-corrected chi connectivity index (χ0v) is 15.2. The highest BCUT2D eigenvalue weighted by molar-refractivity contribution is 7.09. The molecule has 3 aromatic rings. The van der Waals surface area contributed by atoms with Gasteiger partial charge in [-0.25, -0.2) is 9.97 Å². The van der Waals surface area contributed by atoms with E-state index < -0.39 is 0 Å². The minimum Gasteiger partial charge on any atom is -0.379 e. The van der Waals surface area contributed by atoms with E-state index in [0.717, 1.165) is 61.5 Å². The maximum absolute atomic E-state index is 5.43. The molecule has 1 fully saturated rings. The average Bonchev–Trinajstić information content (AvgIpc) is 3.25. The Labute approximate surface area is 151 Å². The molecule has 6 heteroatoms. The number of benzene rings is 1. The maximum atomic E-state index is 5.43. The number of aromatic nitrogens is 3. The van der Waals surface area contributed by atoms with Crippen molar-refractivity contribution in [3.8, 4) is 11.4 Å². The normalized spacial score (nSPS) is 15.6. The van der Waals surface area contributed by atoms with E-state index in [1.165, 1.54) is 5.56 Å². The van der Waals surface area contributed by atoms with Crippen molar-refractivity contribution < 1.29 is 4.74 Å². The first kappa shape index (κ1) is 16.4. The fourth-order valence-electron chi connectivity index (χ4n) is 3.18. The summed E-state index contributed by atoms with van der Waals surface area (Å²) in [5.74, 6) is 0.995. The van der Waals surface area contributed by atoms with Gasteiger partial charge < -0.3 is 9.30 Å². The Morgan fingerprint density at radius 2 is 2.08 bits per heavy atom. The van der Waals surface area contributed by atoms with Crippen LogP contribution in [0, 0.1) is 6.92 Å². The lowest BCUT2D eigenvalue weighted by molar-refractivity contribution is 0.0342. The molecule has 130 valence electrons. The van der Waals surface area contributed by atoms with Gasteiger partial charge in [-0.3, -0.25) is 4.90 Å². The van der Waals surface area contributed by atoms with Gasteiger partial charge >= 0.3 is 0 Å². The van der Waals surface area contributed by atoms with Gasteiger partial charge in [0.2, 0.25) is 0 Å². The average molecular weight is 354 g/mol. The number of aryl methyl sites for hydroxylation is 1. The molecule has 0 aliphatic carbocycles. The fourth-order valence-corrected chi connectivity index (χ4v) is 3.78. The van der Waals surface area contributed by atoms with Gasteiger partial charge in [0.05, 0.1) is 30.5 Å². The molecule has 0 atom stereocenters. The second-order valence-electron chi connectivity index (χ2n) is 6.33. The molecule has 25 heavy (non-hydrogen) atoms. The summed E-state index contributed by atoms with van der Waals surface area (Å²) in [6.07, 6.45) is 3.89. The van der Waals surface area contributed by atoms with E-state index in [1.54, 1.807) is 11.3 Å². The van der Waals surface area contributed by atoms with Crippen molar-refractivity contribution >= 4 is 11.3 Å². The van der Waals surface area contributed by atoms with Crippen molar-refractivity contribution in [2.75, 3.05) is 26.3 Å². The van der Waals surface area contributed by atoms with Gasteiger partial charge in [0, 0.05) is 43.0 Å². The molecule has 1 aliphatic rings. The van der Waals surface area contributed by atoms with Crippen molar-refractivity contribution in [2.45, 2.75) is 20.0 Å². The Morgan fingerprint density at radius 1 is 1.20 bits per heavy atom. The van der Waals surface area contributed by atoms with Gasteiger partial charge in [0.1, 0.15) is 5.82 Å². The summed E-state index contributed by atoms with van der Waals surface area (Å²) in [5, 5.41) is 3.22. The van der Waals surface area contributed by atoms with Crippen LogP contribution < -0.4 is 0 Å². The van der Waals surface area contributed by atoms with Crippen LogP contribution in [0.25, 0.3) is 11.4 Å². The van der Waals surface area contributed by atoms with Gasteiger partial charge in [-0.1, -0.05) is 18.2 Å². The second-order valence-corrected chi connectivity index (χ2v) is 7.39. The topological polar surface area (TPSA) is 43.2 Å². The number of nitrogens with zero attached hydrogens (tertiary/aromatic N) is 4. The minimum absolute atomic E-state index is 0.757. The molecule has 3 heterocycles. The fraction of sp³-hybridized carbons (Fsp3) is 0.368. The second kappa shape index (κ2) is 7.47. The highest BCUT2D eigenvalue weighted by Gasteiger charge is 2.12. The summed E-state index contributed by atoms with van der Waals surface area (Å²) >= 11 is 1.69. The highest BCUT2D eigenvalue weighted by Crippen LogP contribution is 2.21. The van der Waals surface area contributed by atoms with Crippen LogP contribution in [0.15, 0.2) is 42.0 Å². The van der Waals surface area contributed by atoms with Crippen LogP contribution in [0.3, 0.4) is 0 Å². The molecule has 5 nitrogen and oxygen atoms in total. The van der Waals surface area contributed by atoms with E-state index in [9.17, 15) is 0 Å². The standard InChI is InChI=1S/C19H22N4OS/c1-15-21-18(14-25-15)13-23-6-5-20-19(23)17-4-2-3-16(11-17)12-22-7-9-24-10-8-22/h2-6,11,14H,7-10,12-13H2,1H3. The largest absolute Gasteiger partial charge is 0.379 e. The van der Waals surface area contributed by atoms with Crippen molar-refractivity contribution in [3.05, 3.63) is 58.3 Å². The van der Waals surface area contributed by atoms with E-state index in [4.69, 9.17) is 4.74 Å². The third kappa shape index (κ3) is 3.98. The summed E-state index contributed by atoms with van der Waals surface area (Å²) in [6.45, 7) is 7.42. The molecule has 0 unspecified atom stereocenters. The number of imidazole rings is 1. The van der Waals surface area contributed by atoms with Crippen LogP contribution in [-0.2, 0) is 17.8 Å². The summed E-state index contributed by atoms with van der Waals surface area (Å²) in [7, 11) is 0. The Morgan fingerprint density at radius 3 is 2.88 bits per heavy atom. The number of hydrogen-bond donors (Lipinski definition) is 0. The van der Waals surface area contributed by atoms with Gasteiger partial charge in [0.25, 0.3) is 0 Å². The molecule has 0 bridgehead atoms. The summed E-state index contributed by atoms with van der Waals surface area (Å²) in [6, 6.07) is 8.70. The van der Waals surface area contributed by atoms with Crippen LogP contribution in [-0.4, -0.2) is 45.7 Å². The molecule has 1 aliphatic heterocycles. The third-order valence-corrected chi connectivity index (χ3v) is 5.23. The smallest absolute Gasteiger partial charge is 0.140 e. The molecular formula is C19H22N4OS. The molecular weight excluding hydrogens is 332 g/mol. The predicted octanol–water partition coefficient (Wildman–Crippen LogP) is 3.20. The predicted molar refractivity (Wildman–Crippen MR) is 99.7 cm³/mol. The van der Waals surface area contributed by atoms with Crippen LogP contribution in [0.2, 0.25) is 0 Å². The number of rotatable bonds is 5. The lowest BCUT2D eigenvalue weighted by Gasteiger charge is -2.26. The molecule has 1 saturated heterocycles. The van der Waals surface area contributed by atoms with Gasteiger partial charge in [-0.2, -0.15) is 0 Å². The van der Waals surface area contributed by atoms with Gasteiger partial charge in [-0.05, 0) is 18.6 Å². The molecule has 4 rings (SSSR count). The van der Waals surface area contributed by atoms with E-state index >= 15 is 0 Å². The van der Waals surface area contributed by atoms with E-state index in [1.807, 2.05) is 19.3 Å². The van der Waals surface area contributed by atoms with Gasteiger partial charge in [0.15, 0.2) is 0 Å². The molecule has 0 amide bonds. The number of morpholine rings is 1. The third-order valence-electron chi connectivity index (χ3n) is 4.41. The van der Waals surface area contributed by atoms with Crippen LogP contribution in [0.4, 0.5) is 0 Å². The monoisotopic (exact) mass is 354 g/mol. The molecule has 0 spiro atoms. The number of hydrogen-bond acceptors (Lipinski definition) is 5. The zero-order chi connectivity index (χ0) is 17.1. The first-order valence-electron chi connectivity index (χ1n) is 8.59. The Kier molecular flexibility index (Phi) is 4.92. The van der Waals surface area contributed by atoms with E-state index in [2.05, 4.69) is 49.1 Å². The van der Waals surface area contributed by atoms with Crippen LogP contribution in [0.1, 0.15) is 16.3 Å². The first-order valence-corrected chi connectivity index (χ1v) is 9.47. The molecule has 0 radical (unpaired) electrons. The molecule has 0 saturated carbocycles. The van der Waals surface area contributed by atoms with E-state index in [0.29, 0.717) is 0 Å². The van der Waals surface area contributed by atoms with Gasteiger partial charge in [-0.15, -0.1) is 11.3 Å². The summed E-state index contributed by atoms with van der Waals surface area (Å²) < 4.78 is 7.60. The quantitative estimate of drug-likeness (QED) is 0.706. The highest BCUT2D eigenvalue weighted by atomic mass is 32.1. The van der Waals surface area contributed by atoms with E-state index in [-0.39, 0.29) is 0 Å². The Hall–Kier alpha value is -2.02. The van der Waals surface area contributed by atoms with Crippen molar-refractivity contribution in [2.24, 2.45) is 0 Å². The SMILES string of the molecule is Cc1nc(Cn2ccnc2-c2cccc(CN3CCOCC3)c2)cs1. The van der Waals surface area contributed by atoms with Crippen molar-refractivity contribution in [3.63, 3.8) is 0 Å². The Bertz CT molecular complexity index is 835. The maximum Gasteiger partial charge on any atom is 0.140 e. The molecule has 0 N–H and O–H groups in total. The van der Waals surface area contributed by atoms with Crippen LogP contribution in [0.5, 0.6) is 0 Å². The van der Waals surface area contributed by atoms with Crippen molar-refractivity contribution in [1.29, 1.82) is 0 Å². The molecule has 2 aromatic heterocycles. The zero-order valence-electron chi connectivity index (χ0n) is 14.4. The lowest BCUT2D eigenvalue weighted by Crippen LogP contribution is -2.35. The first-order chi connectivity index (χ1) is 12.3. The van der Waals surface area contributed by atoms with Crippen LogP contribution >= 0.6 is 11.3 Å². The summed E-state index contributed by atoms with van der Waals surface area (Å²) in [4.78, 5) is 11.6. The summed E-state index contributed by atoms with van der Waals surface area (Å²) in [5.41, 5.74) is 3.56. The lowest BCUT2D eigenvalue weighted by atomic mass is 10.1.